The molecule has 0 aromatic rings. The Hall–Kier alpha value is -0.180. The van der Waals surface area contributed by atoms with E-state index in [1.807, 2.05) is 6.92 Å². The lowest BCUT2D eigenvalue weighted by molar-refractivity contribution is -0.107. The van der Waals surface area contributed by atoms with Crippen molar-refractivity contribution in [2.45, 2.75) is 39.0 Å². The molecule has 0 fully saturated rings. The third-order valence-electron chi connectivity index (χ3n) is 1.62. The van der Waals surface area contributed by atoms with Crippen molar-refractivity contribution in [1.29, 1.82) is 0 Å². The van der Waals surface area contributed by atoms with Crippen molar-refractivity contribution in [3.05, 3.63) is 0 Å². The minimum Gasteiger partial charge on any atom is -0.324 e. The van der Waals surface area contributed by atoms with Crippen LogP contribution in [0, 0.1) is 0 Å². The van der Waals surface area contributed by atoms with E-state index in [1.54, 1.807) is 6.92 Å². The highest BCUT2D eigenvalue weighted by atomic mass is 31.2. The predicted molar refractivity (Wildman–Crippen MR) is 46.2 cm³/mol. The Labute approximate surface area is 72.5 Å². The van der Waals surface area contributed by atoms with Crippen molar-refractivity contribution in [2.24, 2.45) is 0 Å². The first-order chi connectivity index (χ1) is 5.44. The van der Waals surface area contributed by atoms with E-state index in [9.17, 15) is 14.3 Å². The lowest BCUT2D eigenvalue weighted by Crippen LogP contribution is -2.12. The number of carbonyl (C=O) groups is 1. The largest absolute Gasteiger partial charge is 0.338 e. The summed E-state index contributed by atoms with van der Waals surface area (Å²) in [4.78, 5) is 19.4. The summed E-state index contributed by atoms with van der Waals surface area (Å²) in [6, 6.07) is 0. The fourth-order valence-electron chi connectivity index (χ4n) is 0.505. The molecule has 0 amide bonds. The molecule has 0 aliphatic heterocycles. The number of rotatable bonds is 5. The topological polar surface area (TPSA) is 63.6 Å². The van der Waals surface area contributed by atoms with Crippen molar-refractivity contribution in [3.8, 4) is 0 Å². The van der Waals surface area contributed by atoms with Gasteiger partial charge in [0.2, 0.25) is 0 Å². The Bertz CT molecular complexity index is 192. The first-order valence-corrected chi connectivity index (χ1v) is 5.54. The molecule has 12 heavy (non-hydrogen) atoms. The average molecular weight is 194 g/mol. The molecule has 0 saturated carbocycles. The first-order valence-electron chi connectivity index (χ1n) is 3.90. The molecule has 0 bridgehead atoms. The fraction of sp³-hybridized carbons (Fsp3) is 0.857. The maximum atomic E-state index is 11.2. The Morgan fingerprint density at radius 3 is 2.42 bits per heavy atom. The maximum absolute atomic E-state index is 11.2. The summed E-state index contributed by atoms with van der Waals surface area (Å²) in [5.41, 5.74) is -0.938. The van der Waals surface area contributed by atoms with Crippen LogP contribution in [0.3, 0.4) is 0 Å². The molecule has 0 spiro atoms. The molecule has 5 heteroatoms. The van der Waals surface area contributed by atoms with E-state index in [-0.39, 0.29) is 6.10 Å². The molecular weight excluding hydrogens is 179 g/mol. The van der Waals surface area contributed by atoms with E-state index in [0.29, 0.717) is 12.7 Å². The van der Waals surface area contributed by atoms with Crippen LogP contribution in [0.4, 0.5) is 0 Å². The highest BCUT2D eigenvalue weighted by molar-refractivity contribution is 7.54. The molecule has 0 rings (SSSR count). The Balaban J connectivity index is 4.21. The van der Waals surface area contributed by atoms with Gasteiger partial charge in [-0.2, -0.15) is 0 Å². The van der Waals surface area contributed by atoms with Gasteiger partial charge in [-0.15, -0.1) is 0 Å². The lowest BCUT2D eigenvalue weighted by atomic mass is 10.3. The average Bonchev–Trinajstić information content (AvgIpc) is 2.02. The minimum atomic E-state index is -3.72. The van der Waals surface area contributed by atoms with Gasteiger partial charge in [0.1, 0.15) is 11.9 Å². The predicted octanol–water partition coefficient (Wildman–Crippen LogP) is 1.57. The summed E-state index contributed by atoms with van der Waals surface area (Å²) >= 11 is 0. The van der Waals surface area contributed by atoms with Gasteiger partial charge in [0.05, 0.1) is 6.10 Å². The van der Waals surface area contributed by atoms with Crippen molar-refractivity contribution < 1.29 is 18.8 Å². The number of aldehydes is 1. The van der Waals surface area contributed by atoms with Crippen LogP contribution in [0.1, 0.15) is 27.2 Å². The second-order valence-corrected chi connectivity index (χ2v) is 4.92. The van der Waals surface area contributed by atoms with Gasteiger partial charge >= 0.3 is 7.60 Å². The van der Waals surface area contributed by atoms with Crippen molar-refractivity contribution in [1.82, 2.24) is 0 Å². The summed E-state index contributed by atoms with van der Waals surface area (Å²) in [6.45, 7) is 4.91. The summed E-state index contributed by atoms with van der Waals surface area (Å²) in [5.74, 6) is 0. The van der Waals surface area contributed by atoms with E-state index >= 15 is 0 Å². The van der Waals surface area contributed by atoms with Gasteiger partial charge in [0.25, 0.3) is 0 Å². The Kier molecular flexibility index (Phi) is 4.68. The summed E-state index contributed by atoms with van der Waals surface area (Å²) in [7, 11) is -3.72. The highest BCUT2D eigenvalue weighted by Gasteiger charge is 2.29. The Morgan fingerprint density at radius 2 is 2.08 bits per heavy atom. The van der Waals surface area contributed by atoms with Crippen molar-refractivity contribution in [2.75, 3.05) is 0 Å². The maximum Gasteiger partial charge on any atom is 0.338 e. The van der Waals surface area contributed by atoms with Crippen LogP contribution in [-0.4, -0.2) is 22.9 Å². The van der Waals surface area contributed by atoms with Crippen LogP contribution in [0.5, 0.6) is 0 Å². The second kappa shape index (κ2) is 4.75. The van der Waals surface area contributed by atoms with Gasteiger partial charge in [-0.25, -0.2) is 0 Å². The van der Waals surface area contributed by atoms with Crippen LogP contribution in [0.25, 0.3) is 0 Å². The number of hydrogen-bond donors (Lipinski definition) is 1. The summed E-state index contributed by atoms with van der Waals surface area (Å²) < 4.78 is 16.0. The molecule has 3 unspecified atom stereocenters. The smallest absolute Gasteiger partial charge is 0.324 e. The third kappa shape index (κ3) is 3.48. The van der Waals surface area contributed by atoms with Gasteiger partial charge in [-0.05, 0) is 20.3 Å². The van der Waals surface area contributed by atoms with Gasteiger partial charge in [-0.1, -0.05) is 6.92 Å². The SMILES string of the molecule is CCC(C)OP(=O)(O)C(C)C=O. The highest BCUT2D eigenvalue weighted by Crippen LogP contribution is 2.47. The van der Waals surface area contributed by atoms with E-state index in [4.69, 9.17) is 4.52 Å². The standard InChI is InChI=1S/C7H15O4P/c1-4-6(2)11-12(9,10)7(3)5-8/h5-7H,4H2,1-3H3,(H,9,10). The van der Waals surface area contributed by atoms with Crippen LogP contribution in [0.2, 0.25) is 0 Å². The van der Waals surface area contributed by atoms with Crippen LogP contribution < -0.4 is 0 Å². The molecular formula is C7H15O4P. The van der Waals surface area contributed by atoms with E-state index in [2.05, 4.69) is 0 Å². The number of carbonyl (C=O) groups excluding carboxylic acids is 1. The van der Waals surface area contributed by atoms with E-state index in [1.165, 1.54) is 6.92 Å². The third-order valence-corrected chi connectivity index (χ3v) is 3.43. The monoisotopic (exact) mass is 194 g/mol. The molecule has 3 atom stereocenters. The minimum absolute atomic E-state index is 0.289. The molecule has 0 aromatic heterocycles. The van der Waals surface area contributed by atoms with Gasteiger partial charge in [0, 0.05) is 0 Å². The molecule has 72 valence electrons. The summed E-state index contributed by atoms with van der Waals surface area (Å²) in [5, 5.41) is 0. The summed E-state index contributed by atoms with van der Waals surface area (Å²) in [6.07, 6.45) is 0.794. The van der Waals surface area contributed by atoms with Crippen molar-refractivity contribution >= 4 is 13.9 Å². The molecule has 0 aromatic carbocycles. The zero-order chi connectivity index (χ0) is 9.78. The zero-order valence-electron chi connectivity index (χ0n) is 7.56. The Morgan fingerprint density at radius 1 is 1.58 bits per heavy atom. The van der Waals surface area contributed by atoms with Crippen LogP contribution in [0.15, 0.2) is 0 Å². The second-order valence-electron chi connectivity index (χ2n) is 2.77. The lowest BCUT2D eigenvalue weighted by Gasteiger charge is -2.18. The normalized spacial score (nSPS) is 21.0. The zero-order valence-corrected chi connectivity index (χ0v) is 8.45. The molecule has 1 N–H and O–H groups in total. The molecule has 0 heterocycles. The van der Waals surface area contributed by atoms with Crippen LogP contribution >= 0.6 is 7.60 Å². The number of hydrogen-bond acceptors (Lipinski definition) is 3. The molecule has 0 aliphatic rings. The first kappa shape index (κ1) is 11.8. The fourth-order valence-corrected chi connectivity index (χ4v) is 1.52. The molecule has 0 saturated heterocycles. The molecule has 0 aliphatic carbocycles. The van der Waals surface area contributed by atoms with E-state index < -0.39 is 13.3 Å². The van der Waals surface area contributed by atoms with Gasteiger partial charge in [0.15, 0.2) is 0 Å². The van der Waals surface area contributed by atoms with Crippen molar-refractivity contribution in [3.63, 3.8) is 0 Å². The van der Waals surface area contributed by atoms with Gasteiger partial charge < -0.3 is 14.2 Å². The van der Waals surface area contributed by atoms with Gasteiger partial charge in [-0.3, -0.25) is 4.57 Å². The quantitative estimate of drug-likeness (QED) is 0.533. The molecule has 4 nitrogen and oxygen atoms in total. The molecule has 0 radical (unpaired) electrons. The van der Waals surface area contributed by atoms with E-state index in [0.717, 1.165) is 0 Å². The van der Waals surface area contributed by atoms with Crippen LogP contribution in [-0.2, 0) is 13.9 Å².